The quantitative estimate of drug-likeness (QED) is 0.495. The van der Waals surface area contributed by atoms with Gasteiger partial charge in [0.15, 0.2) is 5.75 Å². The highest BCUT2D eigenvalue weighted by Gasteiger charge is 2.11. The Balaban J connectivity index is 2.65. The van der Waals surface area contributed by atoms with Crippen molar-refractivity contribution in [2.75, 3.05) is 0 Å². The largest absolute Gasteiger partial charge is 0.348 e. The van der Waals surface area contributed by atoms with Crippen LogP contribution in [0.2, 0.25) is 0 Å². The standard InChI is InChI=1S/C14H17NO2/c1-4-15-8-7-11-12(9-10(2)3)14(17-16)6-5-13(11)15/h5-8,16H,2,4,9H2,1,3H3. The van der Waals surface area contributed by atoms with E-state index >= 15 is 0 Å². The Morgan fingerprint density at radius 1 is 1.41 bits per heavy atom. The lowest BCUT2D eigenvalue weighted by molar-refractivity contribution is -0.138. The van der Waals surface area contributed by atoms with E-state index < -0.39 is 0 Å². The summed E-state index contributed by atoms with van der Waals surface area (Å²) in [7, 11) is 0. The fraction of sp³-hybridized carbons (Fsp3) is 0.286. The van der Waals surface area contributed by atoms with Gasteiger partial charge in [0.05, 0.1) is 0 Å². The minimum absolute atomic E-state index is 0.509. The normalized spacial score (nSPS) is 10.8. The molecule has 0 radical (unpaired) electrons. The van der Waals surface area contributed by atoms with E-state index in [-0.39, 0.29) is 0 Å². The minimum atomic E-state index is 0.509. The zero-order chi connectivity index (χ0) is 12.4. The average molecular weight is 231 g/mol. The molecule has 2 rings (SSSR count). The van der Waals surface area contributed by atoms with Crippen molar-refractivity contribution >= 4 is 10.9 Å². The van der Waals surface area contributed by atoms with Gasteiger partial charge >= 0.3 is 0 Å². The summed E-state index contributed by atoms with van der Waals surface area (Å²) in [5.74, 6) is 0.509. The Morgan fingerprint density at radius 2 is 2.18 bits per heavy atom. The lowest BCUT2D eigenvalue weighted by Gasteiger charge is -2.09. The lowest BCUT2D eigenvalue weighted by Crippen LogP contribution is -1.96. The van der Waals surface area contributed by atoms with Crippen LogP contribution >= 0.6 is 0 Å². The van der Waals surface area contributed by atoms with Gasteiger partial charge in [-0.05, 0) is 38.5 Å². The Kier molecular flexibility index (Phi) is 3.20. The van der Waals surface area contributed by atoms with E-state index in [1.165, 1.54) is 0 Å². The lowest BCUT2D eigenvalue weighted by atomic mass is 10.0. The molecular formula is C14H17NO2. The summed E-state index contributed by atoms with van der Waals surface area (Å²) < 4.78 is 2.17. The molecule has 0 saturated heterocycles. The van der Waals surface area contributed by atoms with E-state index in [0.717, 1.165) is 28.6 Å². The first-order valence-corrected chi connectivity index (χ1v) is 5.74. The van der Waals surface area contributed by atoms with Gasteiger partial charge in [-0.25, -0.2) is 5.26 Å². The summed E-state index contributed by atoms with van der Waals surface area (Å²) in [6.07, 6.45) is 2.76. The highest BCUT2D eigenvalue weighted by atomic mass is 17.1. The van der Waals surface area contributed by atoms with Crippen molar-refractivity contribution in [1.82, 2.24) is 4.57 Å². The maximum Gasteiger partial charge on any atom is 0.169 e. The van der Waals surface area contributed by atoms with Crippen molar-refractivity contribution in [2.45, 2.75) is 26.8 Å². The van der Waals surface area contributed by atoms with Crippen LogP contribution in [-0.2, 0) is 13.0 Å². The van der Waals surface area contributed by atoms with E-state index in [1.54, 1.807) is 6.07 Å². The smallest absolute Gasteiger partial charge is 0.169 e. The third-order valence-electron chi connectivity index (χ3n) is 2.94. The molecule has 1 N–H and O–H groups in total. The zero-order valence-corrected chi connectivity index (χ0v) is 10.2. The van der Waals surface area contributed by atoms with E-state index in [2.05, 4.69) is 29.0 Å². The van der Waals surface area contributed by atoms with Gasteiger partial charge in [-0.1, -0.05) is 12.2 Å². The summed E-state index contributed by atoms with van der Waals surface area (Å²) >= 11 is 0. The molecule has 1 heterocycles. The molecule has 3 heteroatoms. The van der Waals surface area contributed by atoms with Crippen molar-refractivity contribution in [3.05, 3.63) is 42.1 Å². The van der Waals surface area contributed by atoms with Crippen LogP contribution in [0.15, 0.2) is 36.5 Å². The van der Waals surface area contributed by atoms with Crippen LogP contribution in [0, 0.1) is 0 Å². The van der Waals surface area contributed by atoms with Crippen LogP contribution in [0.5, 0.6) is 5.75 Å². The van der Waals surface area contributed by atoms with Crippen LogP contribution in [0.25, 0.3) is 10.9 Å². The van der Waals surface area contributed by atoms with Crippen molar-refractivity contribution in [3.63, 3.8) is 0 Å². The van der Waals surface area contributed by atoms with Gasteiger partial charge in [-0.2, -0.15) is 0 Å². The Hall–Kier alpha value is -1.74. The average Bonchev–Trinajstić information content (AvgIpc) is 2.72. The highest BCUT2D eigenvalue weighted by molar-refractivity contribution is 5.86. The Bertz CT molecular complexity index is 555. The monoisotopic (exact) mass is 231 g/mol. The number of aromatic nitrogens is 1. The number of nitrogens with zero attached hydrogens (tertiary/aromatic N) is 1. The minimum Gasteiger partial charge on any atom is -0.348 e. The van der Waals surface area contributed by atoms with Crippen LogP contribution in [-0.4, -0.2) is 9.82 Å². The second-order valence-corrected chi connectivity index (χ2v) is 4.30. The second-order valence-electron chi connectivity index (χ2n) is 4.30. The van der Waals surface area contributed by atoms with E-state index in [4.69, 9.17) is 5.26 Å². The number of hydrogen-bond donors (Lipinski definition) is 1. The van der Waals surface area contributed by atoms with Crippen LogP contribution in [0.1, 0.15) is 19.4 Å². The molecule has 17 heavy (non-hydrogen) atoms. The predicted octanol–water partition coefficient (Wildman–Crippen LogP) is 3.63. The number of aryl methyl sites for hydroxylation is 1. The molecule has 1 aromatic heterocycles. The first kappa shape index (κ1) is 11.7. The number of rotatable bonds is 4. The molecule has 0 aliphatic rings. The first-order chi connectivity index (χ1) is 8.17. The SMILES string of the molecule is C=C(C)Cc1c(OO)ccc2c1ccn2CC. The summed E-state index contributed by atoms with van der Waals surface area (Å²) in [5.41, 5.74) is 3.19. The summed E-state index contributed by atoms with van der Waals surface area (Å²) in [6.45, 7) is 8.92. The summed E-state index contributed by atoms with van der Waals surface area (Å²) in [4.78, 5) is 4.45. The molecule has 0 aliphatic carbocycles. The molecule has 0 bridgehead atoms. The molecule has 3 nitrogen and oxygen atoms in total. The fourth-order valence-corrected chi connectivity index (χ4v) is 2.16. The number of benzene rings is 1. The van der Waals surface area contributed by atoms with Crippen LogP contribution in [0.3, 0.4) is 0 Å². The van der Waals surface area contributed by atoms with E-state index in [1.807, 2.05) is 19.2 Å². The van der Waals surface area contributed by atoms with Crippen LogP contribution in [0.4, 0.5) is 0 Å². The molecule has 0 amide bonds. The Morgan fingerprint density at radius 3 is 2.76 bits per heavy atom. The van der Waals surface area contributed by atoms with Crippen molar-refractivity contribution < 1.29 is 10.1 Å². The molecular weight excluding hydrogens is 214 g/mol. The van der Waals surface area contributed by atoms with Gasteiger partial charge in [-0.15, -0.1) is 0 Å². The molecule has 0 fully saturated rings. The molecule has 0 atom stereocenters. The van der Waals surface area contributed by atoms with E-state index in [0.29, 0.717) is 12.2 Å². The van der Waals surface area contributed by atoms with Crippen LogP contribution < -0.4 is 4.89 Å². The van der Waals surface area contributed by atoms with E-state index in [9.17, 15) is 0 Å². The van der Waals surface area contributed by atoms with Gasteiger partial charge in [0.1, 0.15) is 0 Å². The predicted molar refractivity (Wildman–Crippen MR) is 69.4 cm³/mol. The topological polar surface area (TPSA) is 34.4 Å². The molecule has 1 aromatic carbocycles. The molecule has 2 aromatic rings. The van der Waals surface area contributed by atoms with Crippen molar-refractivity contribution in [2.24, 2.45) is 0 Å². The molecule has 0 spiro atoms. The highest BCUT2D eigenvalue weighted by Crippen LogP contribution is 2.30. The van der Waals surface area contributed by atoms with Gasteiger partial charge in [0.25, 0.3) is 0 Å². The fourth-order valence-electron chi connectivity index (χ4n) is 2.16. The maximum atomic E-state index is 8.92. The maximum absolute atomic E-state index is 8.92. The van der Waals surface area contributed by atoms with Gasteiger partial charge < -0.3 is 9.45 Å². The van der Waals surface area contributed by atoms with Crippen molar-refractivity contribution in [3.8, 4) is 5.75 Å². The molecule has 90 valence electrons. The number of allylic oxidation sites excluding steroid dienone is 1. The Labute approximate surface area is 101 Å². The third-order valence-corrected chi connectivity index (χ3v) is 2.94. The molecule has 0 aliphatic heterocycles. The number of hydrogen-bond acceptors (Lipinski definition) is 2. The van der Waals surface area contributed by atoms with Crippen molar-refractivity contribution in [1.29, 1.82) is 0 Å². The third kappa shape index (κ3) is 2.06. The summed E-state index contributed by atoms with van der Waals surface area (Å²) in [5, 5.41) is 10.0. The zero-order valence-electron chi connectivity index (χ0n) is 10.2. The number of fused-ring (bicyclic) bond motifs is 1. The summed E-state index contributed by atoms with van der Waals surface area (Å²) in [6, 6.07) is 5.82. The second kappa shape index (κ2) is 4.63. The molecule has 0 unspecified atom stereocenters. The first-order valence-electron chi connectivity index (χ1n) is 5.74. The molecule has 0 saturated carbocycles. The van der Waals surface area contributed by atoms with Gasteiger partial charge in [0.2, 0.25) is 0 Å². The van der Waals surface area contributed by atoms with Gasteiger partial charge in [-0.3, -0.25) is 0 Å². The van der Waals surface area contributed by atoms with Gasteiger partial charge in [0, 0.05) is 29.2 Å².